The predicted octanol–water partition coefficient (Wildman–Crippen LogP) is 1.77. The molecule has 18 heavy (non-hydrogen) atoms. The van der Waals surface area contributed by atoms with Crippen LogP contribution in [0.5, 0.6) is 0 Å². The van der Waals surface area contributed by atoms with E-state index in [1.54, 1.807) is 11.9 Å². The Hall–Kier alpha value is -1.49. The van der Waals surface area contributed by atoms with Gasteiger partial charge in [-0.15, -0.1) is 11.6 Å². The number of halogens is 1. The van der Waals surface area contributed by atoms with E-state index in [-0.39, 0.29) is 5.91 Å². The first-order valence-electron chi connectivity index (χ1n) is 5.91. The summed E-state index contributed by atoms with van der Waals surface area (Å²) < 4.78 is 1.88. The maximum Gasteiger partial charge on any atom is 0.270 e. The minimum absolute atomic E-state index is 0.0387. The van der Waals surface area contributed by atoms with Crippen molar-refractivity contribution in [2.24, 2.45) is 5.16 Å². The van der Waals surface area contributed by atoms with E-state index >= 15 is 0 Å². The normalized spacial score (nSPS) is 18.0. The van der Waals surface area contributed by atoms with E-state index in [9.17, 15) is 4.79 Å². The number of aryl methyl sites for hydroxylation is 1. The van der Waals surface area contributed by atoms with Crippen molar-refractivity contribution in [3.05, 3.63) is 23.5 Å². The van der Waals surface area contributed by atoms with Crippen LogP contribution in [0.4, 0.5) is 0 Å². The second kappa shape index (κ2) is 5.44. The third kappa shape index (κ3) is 2.22. The molecule has 5 nitrogen and oxygen atoms in total. The highest BCUT2D eigenvalue weighted by Crippen LogP contribution is 2.20. The summed E-state index contributed by atoms with van der Waals surface area (Å²) in [6.45, 7) is 1.25. The smallest absolute Gasteiger partial charge is 0.270 e. The lowest BCUT2D eigenvalue weighted by Gasteiger charge is -2.15. The molecule has 1 N–H and O–H groups in total. The van der Waals surface area contributed by atoms with Crippen molar-refractivity contribution in [1.82, 2.24) is 9.47 Å². The van der Waals surface area contributed by atoms with Crippen LogP contribution in [0.3, 0.4) is 0 Å². The van der Waals surface area contributed by atoms with Crippen LogP contribution in [0, 0.1) is 0 Å². The fourth-order valence-electron chi connectivity index (χ4n) is 2.15. The van der Waals surface area contributed by atoms with Crippen LogP contribution < -0.4 is 0 Å². The third-order valence-corrected chi connectivity index (χ3v) is 3.43. The Morgan fingerprint density at radius 1 is 1.56 bits per heavy atom. The largest absolute Gasteiger partial charge is 0.411 e. The molecule has 1 aliphatic heterocycles. The summed E-state index contributed by atoms with van der Waals surface area (Å²) in [6.07, 6.45) is 3.20. The van der Waals surface area contributed by atoms with Crippen LogP contribution in [0.2, 0.25) is 0 Å². The zero-order valence-corrected chi connectivity index (χ0v) is 11.0. The van der Waals surface area contributed by atoms with Gasteiger partial charge in [-0.1, -0.05) is 5.16 Å². The molecule has 6 heteroatoms. The number of hydrogen-bond donors (Lipinski definition) is 1. The lowest BCUT2D eigenvalue weighted by atomic mass is 10.1. The van der Waals surface area contributed by atoms with Crippen LogP contribution in [-0.2, 0) is 6.54 Å². The van der Waals surface area contributed by atoms with Gasteiger partial charge in [-0.3, -0.25) is 4.79 Å². The number of hydrogen-bond acceptors (Lipinski definition) is 3. The molecule has 0 aliphatic carbocycles. The van der Waals surface area contributed by atoms with Gasteiger partial charge < -0.3 is 14.7 Å². The van der Waals surface area contributed by atoms with Crippen molar-refractivity contribution in [1.29, 1.82) is 0 Å². The minimum Gasteiger partial charge on any atom is -0.411 e. The fraction of sp³-hybridized carbons (Fsp3) is 0.500. The van der Waals surface area contributed by atoms with Gasteiger partial charge in [0.2, 0.25) is 0 Å². The van der Waals surface area contributed by atoms with Crippen molar-refractivity contribution in [3.63, 3.8) is 0 Å². The topological polar surface area (TPSA) is 57.8 Å². The van der Waals surface area contributed by atoms with Crippen LogP contribution in [0.1, 0.15) is 28.9 Å². The van der Waals surface area contributed by atoms with E-state index < -0.39 is 0 Å². The number of fused-ring (bicyclic) bond motifs is 1. The Bertz CT molecular complexity index is 482. The maximum atomic E-state index is 12.3. The molecule has 1 aromatic heterocycles. The van der Waals surface area contributed by atoms with Gasteiger partial charge in [-0.05, 0) is 12.5 Å². The molecule has 0 atom stereocenters. The van der Waals surface area contributed by atoms with E-state index in [4.69, 9.17) is 16.8 Å². The molecular formula is C12H16ClN3O2. The summed E-state index contributed by atoms with van der Waals surface area (Å²) >= 11 is 5.68. The Morgan fingerprint density at radius 2 is 2.33 bits per heavy atom. The molecule has 0 aromatic carbocycles. The Kier molecular flexibility index (Phi) is 3.91. The summed E-state index contributed by atoms with van der Waals surface area (Å²) in [6, 6.07) is 1.83. The average Bonchev–Trinajstić information content (AvgIpc) is 2.74. The molecule has 1 aromatic rings. The summed E-state index contributed by atoms with van der Waals surface area (Å²) in [7, 11) is 1.76. The van der Waals surface area contributed by atoms with Crippen molar-refractivity contribution in [3.8, 4) is 0 Å². The molecule has 0 fully saturated rings. The van der Waals surface area contributed by atoms with Gasteiger partial charge in [0.25, 0.3) is 5.91 Å². The standard InChI is InChI=1S/C12H16ClN3O2/c1-15-7-4-10(14-18)9-3-8-16(6-2-5-13)11(9)12(15)17/h3,8,18H,2,4-7H2,1H3/b14-10+. The number of carbonyl (C=O) groups excluding carboxylic acids is 1. The number of amides is 1. The molecule has 0 radical (unpaired) electrons. The highest BCUT2D eigenvalue weighted by molar-refractivity contribution is 6.17. The third-order valence-electron chi connectivity index (χ3n) is 3.16. The number of carbonyl (C=O) groups is 1. The number of rotatable bonds is 3. The molecule has 2 heterocycles. The van der Waals surface area contributed by atoms with E-state index in [0.29, 0.717) is 36.8 Å². The van der Waals surface area contributed by atoms with Gasteiger partial charge >= 0.3 is 0 Å². The summed E-state index contributed by atoms with van der Waals surface area (Å²) in [5.74, 6) is 0.515. The number of alkyl halides is 1. The molecule has 98 valence electrons. The average molecular weight is 270 g/mol. The predicted molar refractivity (Wildman–Crippen MR) is 69.7 cm³/mol. The molecule has 1 aliphatic rings. The first-order chi connectivity index (χ1) is 8.69. The number of aromatic nitrogens is 1. The number of oxime groups is 1. The minimum atomic E-state index is -0.0387. The molecule has 2 rings (SSSR count). The van der Waals surface area contributed by atoms with Crippen molar-refractivity contribution >= 4 is 23.2 Å². The van der Waals surface area contributed by atoms with Gasteiger partial charge in [0.05, 0.1) is 5.71 Å². The molecule has 0 unspecified atom stereocenters. The molecule has 0 spiro atoms. The molecule has 0 saturated heterocycles. The molecule has 1 amide bonds. The monoisotopic (exact) mass is 269 g/mol. The van der Waals surface area contributed by atoms with E-state index in [1.165, 1.54) is 0 Å². The van der Waals surface area contributed by atoms with E-state index in [2.05, 4.69) is 5.16 Å². The molecule has 0 bridgehead atoms. The van der Waals surface area contributed by atoms with Crippen molar-refractivity contribution in [2.45, 2.75) is 19.4 Å². The van der Waals surface area contributed by atoms with Crippen LogP contribution >= 0.6 is 11.6 Å². The Balaban J connectivity index is 2.45. The highest BCUT2D eigenvalue weighted by atomic mass is 35.5. The second-order valence-electron chi connectivity index (χ2n) is 4.34. The molecule has 0 saturated carbocycles. The van der Waals surface area contributed by atoms with Crippen LogP contribution in [-0.4, -0.2) is 45.8 Å². The fourth-order valence-corrected chi connectivity index (χ4v) is 2.27. The Morgan fingerprint density at radius 3 is 3.00 bits per heavy atom. The van der Waals surface area contributed by atoms with Crippen molar-refractivity contribution in [2.75, 3.05) is 19.5 Å². The SMILES string of the molecule is CN1CC/C(=N\O)c2ccn(CCCCl)c2C1=O. The van der Waals surface area contributed by atoms with Gasteiger partial charge in [0, 0.05) is 44.2 Å². The van der Waals surface area contributed by atoms with Gasteiger partial charge in [-0.25, -0.2) is 0 Å². The quantitative estimate of drug-likeness (QED) is 0.516. The van der Waals surface area contributed by atoms with Gasteiger partial charge in [0.1, 0.15) is 5.69 Å². The summed E-state index contributed by atoms with van der Waals surface area (Å²) in [5, 5.41) is 12.4. The van der Waals surface area contributed by atoms with E-state index in [0.717, 1.165) is 12.0 Å². The van der Waals surface area contributed by atoms with Crippen molar-refractivity contribution < 1.29 is 10.0 Å². The van der Waals surface area contributed by atoms with Gasteiger partial charge in [-0.2, -0.15) is 0 Å². The summed E-state index contributed by atoms with van der Waals surface area (Å²) in [5.41, 5.74) is 1.88. The zero-order chi connectivity index (χ0) is 13.1. The second-order valence-corrected chi connectivity index (χ2v) is 4.72. The Labute approximate surface area is 111 Å². The first-order valence-corrected chi connectivity index (χ1v) is 6.44. The van der Waals surface area contributed by atoms with Gasteiger partial charge in [0.15, 0.2) is 0 Å². The first kappa shape index (κ1) is 13.0. The highest BCUT2D eigenvalue weighted by Gasteiger charge is 2.27. The van der Waals surface area contributed by atoms with E-state index in [1.807, 2.05) is 16.8 Å². The lowest BCUT2D eigenvalue weighted by molar-refractivity contribution is 0.0791. The lowest BCUT2D eigenvalue weighted by Crippen LogP contribution is -2.28. The molecular weight excluding hydrogens is 254 g/mol. The van der Waals surface area contributed by atoms with Crippen LogP contribution in [0.25, 0.3) is 0 Å². The number of nitrogens with zero attached hydrogens (tertiary/aromatic N) is 3. The maximum absolute atomic E-state index is 12.3. The van der Waals surface area contributed by atoms with Crippen LogP contribution in [0.15, 0.2) is 17.4 Å². The summed E-state index contributed by atoms with van der Waals surface area (Å²) in [4.78, 5) is 13.9. The zero-order valence-electron chi connectivity index (χ0n) is 10.3.